The van der Waals surface area contributed by atoms with Crippen LogP contribution in [0.3, 0.4) is 0 Å². The van der Waals surface area contributed by atoms with Crippen LogP contribution >= 0.6 is 11.6 Å². The molecule has 1 aromatic carbocycles. The van der Waals surface area contributed by atoms with Crippen LogP contribution in [0.4, 0.5) is 5.69 Å². The summed E-state index contributed by atoms with van der Waals surface area (Å²) in [5.41, 5.74) is 2.87. The first-order valence-corrected chi connectivity index (χ1v) is 8.30. The Kier molecular flexibility index (Phi) is 5.79. The normalized spacial score (nSPS) is 9.92. The van der Waals surface area contributed by atoms with Crippen LogP contribution in [0.15, 0.2) is 42.7 Å². The van der Waals surface area contributed by atoms with Gasteiger partial charge in [-0.05, 0) is 37.3 Å². The minimum absolute atomic E-state index is 0.265. The van der Waals surface area contributed by atoms with Crippen LogP contribution in [-0.2, 0) is 0 Å². The van der Waals surface area contributed by atoms with Gasteiger partial charge in [0.15, 0.2) is 0 Å². The van der Waals surface area contributed by atoms with E-state index in [1.165, 1.54) is 4.90 Å². The largest absolute Gasteiger partial charge is 0.311 e. The van der Waals surface area contributed by atoms with Crippen LogP contribution in [0.2, 0.25) is 5.02 Å². The molecular formula is C19H19ClN4O. The smallest absolute Gasteiger partial charge is 0.260 e. The number of halogens is 1. The quantitative estimate of drug-likeness (QED) is 0.682. The zero-order chi connectivity index (χ0) is 18.6. The van der Waals surface area contributed by atoms with Crippen molar-refractivity contribution in [1.82, 2.24) is 9.38 Å². The number of imidazole rings is 1. The molecular weight excluding hydrogens is 336 g/mol. The van der Waals surface area contributed by atoms with Crippen LogP contribution in [0.1, 0.15) is 35.5 Å². The first-order chi connectivity index (χ1) is 12.0. The molecule has 1 amide bonds. The van der Waals surface area contributed by atoms with Gasteiger partial charge in [-0.15, -0.1) is 0 Å². The van der Waals surface area contributed by atoms with Crippen molar-refractivity contribution in [1.29, 1.82) is 5.26 Å². The first kappa shape index (κ1) is 18.5. The molecule has 128 valence electrons. The van der Waals surface area contributed by atoms with Crippen molar-refractivity contribution in [3.05, 3.63) is 64.6 Å². The van der Waals surface area contributed by atoms with Crippen molar-refractivity contribution in [2.45, 2.75) is 20.8 Å². The number of nitriles is 1. The maximum Gasteiger partial charge on any atom is 0.260 e. The van der Waals surface area contributed by atoms with E-state index < -0.39 is 0 Å². The number of hydrogen-bond acceptors (Lipinski definition) is 3. The molecule has 0 saturated heterocycles. The number of carbonyl (C=O) groups excluding carboxylic acids is 1. The van der Waals surface area contributed by atoms with Crippen molar-refractivity contribution in [2.75, 3.05) is 11.9 Å². The topological polar surface area (TPSA) is 61.4 Å². The highest BCUT2D eigenvalue weighted by molar-refractivity contribution is 6.30. The van der Waals surface area contributed by atoms with Crippen molar-refractivity contribution in [2.24, 2.45) is 0 Å². The molecule has 0 radical (unpaired) electrons. The van der Waals surface area contributed by atoms with Crippen LogP contribution in [0.25, 0.3) is 5.65 Å². The van der Waals surface area contributed by atoms with E-state index in [2.05, 4.69) is 11.1 Å². The second-order valence-corrected chi connectivity index (χ2v) is 5.62. The maximum absolute atomic E-state index is 12.8. The van der Waals surface area contributed by atoms with Crippen LogP contribution in [-0.4, -0.2) is 22.3 Å². The Labute approximate surface area is 152 Å². The lowest BCUT2D eigenvalue weighted by molar-refractivity contribution is 0.0992. The summed E-state index contributed by atoms with van der Waals surface area (Å²) < 4.78 is 1.80. The Morgan fingerprint density at radius 3 is 2.52 bits per heavy atom. The molecule has 0 spiro atoms. The number of hydrogen-bond donors (Lipinski definition) is 0. The van der Waals surface area contributed by atoms with E-state index in [4.69, 9.17) is 11.6 Å². The number of aromatic nitrogens is 2. The number of anilines is 1. The number of rotatable bonds is 2. The van der Waals surface area contributed by atoms with Gasteiger partial charge in [0.25, 0.3) is 5.91 Å². The predicted octanol–water partition coefficient (Wildman–Crippen LogP) is 4.47. The summed E-state index contributed by atoms with van der Waals surface area (Å²) in [5.74, 6) is -0.265. The van der Waals surface area contributed by atoms with Crippen molar-refractivity contribution >= 4 is 28.8 Å². The van der Waals surface area contributed by atoms with Gasteiger partial charge in [0.05, 0.1) is 11.1 Å². The molecule has 2 heterocycles. The predicted molar refractivity (Wildman–Crippen MR) is 100 cm³/mol. The molecule has 2 aromatic heterocycles. The molecule has 3 aromatic rings. The molecule has 0 bridgehead atoms. The standard InChI is InChI=1S/C17H13ClN4O.C2H6/c1-11-9-20-16-7-12(8-19)15(10-22(11)16)17(23)21(2)14-5-3-13(18)4-6-14;1-2/h3-7,9-10H,1-2H3;1-2H3. The molecule has 0 atom stereocenters. The first-order valence-electron chi connectivity index (χ1n) is 7.92. The summed E-state index contributed by atoms with van der Waals surface area (Å²) >= 11 is 5.87. The molecule has 0 N–H and O–H groups in total. The third-order valence-electron chi connectivity index (χ3n) is 3.70. The van der Waals surface area contributed by atoms with E-state index in [1.54, 1.807) is 54.2 Å². The Morgan fingerprint density at radius 1 is 1.28 bits per heavy atom. The number of amides is 1. The summed E-state index contributed by atoms with van der Waals surface area (Å²) in [5, 5.41) is 9.95. The molecule has 5 nitrogen and oxygen atoms in total. The SMILES string of the molecule is CC.Cc1cnc2cc(C#N)c(C(=O)N(C)c3ccc(Cl)cc3)cn12. The highest BCUT2D eigenvalue weighted by atomic mass is 35.5. The molecule has 25 heavy (non-hydrogen) atoms. The Balaban J connectivity index is 0.00000109. The number of benzene rings is 1. The Bertz CT molecular complexity index is 938. The minimum Gasteiger partial charge on any atom is -0.311 e. The fourth-order valence-corrected chi connectivity index (χ4v) is 2.50. The number of nitrogens with zero attached hydrogens (tertiary/aromatic N) is 4. The van der Waals surface area contributed by atoms with E-state index >= 15 is 0 Å². The molecule has 0 aliphatic carbocycles. The Morgan fingerprint density at radius 2 is 1.92 bits per heavy atom. The molecule has 0 aliphatic rings. The van der Waals surface area contributed by atoms with Gasteiger partial charge >= 0.3 is 0 Å². The third kappa shape index (κ3) is 3.65. The van der Waals surface area contributed by atoms with Gasteiger partial charge < -0.3 is 9.30 Å². The number of pyridine rings is 1. The average Bonchev–Trinajstić information content (AvgIpc) is 3.02. The second-order valence-electron chi connectivity index (χ2n) is 5.18. The summed E-state index contributed by atoms with van der Waals surface area (Å²) in [7, 11) is 1.66. The lowest BCUT2D eigenvalue weighted by Crippen LogP contribution is -2.27. The molecule has 6 heteroatoms. The van der Waals surface area contributed by atoms with Gasteiger partial charge in [-0.1, -0.05) is 25.4 Å². The van der Waals surface area contributed by atoms with E-state index in [-0.39, 0.29) is 5.91 Å². The zero-order valence-electron chi connectivity index (χ0n) is 14.6. The van der Waals surface area contributed by atoms with Gasteiger partial charge in [0, 0.05) is 35.8 Å². The molecule has 0 unspecified atom stereocenters. The molecule has 0 saturated carbocycles. The number of aryl methyl sites for hydroxylation is 1. The lowest BCUT2D eigenvalue weighted by atomic mass is 10.1. The molecule has 0 aliphatic heterocycles. The fourth-order valence-electron chi connectivity index (χ4n) is 2.37. The van der Waals surface area contributed by atoms with E-state index in [0.29, 0.717) is 27.5 Å². The van der Waals surface area contributed by atoms with Crippen LogP contribution in [0.5, 0.6) is 0 Å². The number of carbonyl (C=O) groups is 1. The summed E-state index contributed by atoms with van der Waals surface area (Å²) in [4.78, 5) is 18.5. The maximum atomic E-state index is 12.8. The Hall–Kier alpha value is -2.84. The summed E-state index contributed by atoms with van der Waals surface area (Å²) in [6, 6.07) is 10.6. The summed E-state index contributed by atoms with van der Waals surface area (Å²) in [6.07, 6.45) is 3.36. The third-order valence-corrected chi connectivity index (χ3v) is 3.95. The van der Waals surface area contributed by atoms with Crippen LogP contribution in [0, 0.1) is 18.3 Å². The highest BCUT2D eigenvalue weighted by Crippen LogP contribution is 2.21. The van der Waals surface area contributed by atoms with E-state index in [9.17, 15) is 10.1 Å². The van der Waals surface area contributed by atoms with Gasteiger partial charge in [-0.25, -0.2) is 4.98 Å². The lowest BCUT2D eigenvalue weighted by Gasteiger charge is -2.18. The van der Waals surface area contributed by atoms with Gasteiger partial charge in [0.2, 0.25) is 0 Å². The van der Waals surface area contributed by atoms with E-state index in [0.717, 1.165) is 5.69 Å². The van der Waals surface area contributed by atoms with Crippen molar-refractivity contribution in [3.8, 4) is 6.07 Å². The summed E-state index contributed by atoms with van der Waals surface area (Å²) in [6.45, 7) is 5.89. The average molecular weight is 355 g/mol. The zero-order valence-corrected chi connectivity index (χ0v) is 15.4. The second kappa shape index (κ2) is 7.82. The fraction of sp³-hybridized carbons (Fsp3) is 0.211. The minimum atomic E-state index is -0.265. The van der Waals surface area contributed by atoms with Gasteiger partial charge in [0.1, 0.15) is 11.7 Å². The molecule has 3 rings (SSSR count). The number of fused-ring (bicyclic) bond motifs is 1. The highest BCUT2D eigenvalue weighted by Gasteiger charge is 2.19. The van der Waals surface area contributed by atoms with E-state index in [1.807, 2.05) is 20.8 Å². The van der Waals surface area contributed by atoms with Crippen molar-refractivity contribution < 1.29 is 4.79 Å². The van der Waals surface area contributed by atoms with Crippen LogP contribution < -0.4 is 4.90 Å². The molecule has 0 fully saturated rings. The van der Waals surface area contributed by atoms with Crippen molar-refractivity contribution in [3.63, 3.8) is 0 Å². The van der Waals surface area contributed by atoms with Gasteiger partial charge in [-0.2, -0.15) is 5.26 Å². The monoisotopic (exact) mass is 354 g/mol. The van der Waals surface area contributed by atoms with Gasteiger partial charge in [-0.3, -0.25) is 4.79 Å².